The summed E-state index contributed by atoms with van der Waals surface area (Å²) in [5.74, 6) is 0.453. The maximum atomic E-state index is 11.9. The molecular weight excluding hydrogens is 294 g/mol. The van der Waals surface area contributed by atoms with E-state index in [-0.39, 0.29) is 30.7 Å². The molecule has 1 N–H and O–H groups in total. The molecule has 1 aliphatic carbocycles. The summed E-state index contributed by atoms with van der Waals surface area (Å²) in [5, 5.41) is 0.827. The van der Waals surface area contributed by atoms with E-state index in [0.717, 1.165) is 36.6 Å². The van der Waals surface area contributed by atoms with Gasteiger partial charge in [-0.3, -0.25) is 9.59 Å². The van der Waals surface area contributed by atoms with Crippen LogP contribution in [0.3, 0.4) is 0 Å². The number of fused-ring (bicyclic) bond motifs is 1. The summed E-state index contributed by atoms with van der Waals surface area (Å²) in [4.78, 5) is 25.9. The van der Waals surface area contributed by atoms with Crippen molar-refractivity contribution in [1.29, 1.82) is 0 Å². The third kappa shape index (κ3) is 4.12. The topological polar surface area (TPSA) is 68.4 Å². The van der Waals surface area contributed by atoms with Crippen molar-refractivity contribution in [3.63, 3.8) is 0 Å². The standard InChI is InChI=1S/C18H21NO4/c20-17-10-9-14-15(19-17)7-4-8-16(14)22-12-11-18(21)23-13-5-2-1-3-6-13/h4,7-10,13H,1-3,5-6,11-12H2,(H,19,20). The molecule has 0 atom stereocenters. The van der Waals surface area contributed by atoms with Crippen LogP contribution in [-0.4, -0.2) is 23.7 Å². The van der Waals surface area contributed by atoms with Crippen LogP contribution in [0.2, 0.25) is 0 Å². The zero-order valence-electron chi connectivity index (χ0n) is 13.0. The minimum Gasteiger partial charge on any atom is -0.492 e. The second-order valence-corrected chi connectivity index (χ2v) is 5.89. The number of hydrogen-bond donors (Lipinski definition) is 1. The van der Waals surface area contributed by atoms with Crippen molar-refractivity contribution in [2.45, 2.75) is 44.6 Å². The summed E-state index contributed by atoms with van der Waals surface area (Å²) in [6.45, 7) is 0.268. The lowest BCUT2D eigenvalue weighted by atomic mass is 9.98. The summed E-state index contributed by atoms with van der Waals surface area (Å²) in [6, 6.07) is 8.65. The molecular formula is C18H21NO4. The Balaban J connectivity index is 1.54. The Kier molecular flexibility index (Phi) is 4.95. The minimum absolute atomic E-state index is 0.0823. The van der Waals surface area contributed by atoms with E-state index in [2.05, 4.69) is 4.98 Å². The Hall–Kier alpha value is -2.30. The van der Waals surface area contributed by atoms with Crippen LogP contribution in [0.25, 0.3) is 10.9 Å². The maximum Gasteiger partial charge on any atom is 0.309 e. The van der Waals surface area contributed by atoms with Gasteiger partial charge in [-0.25, -0.2) is 0 Å². The lowest BCUT2D eigenvalue weighted by Crippen LogP contribution is -2.22. The van der Waals surface area contributed by atoms with E-state index in [1.807, 2.05) is 18.2 Å². The fourth-order valence-corrected chi connectivity index (χ4v) is 2.96. The Morgan fingerprint density at radius 1 is 1.13 bits per heavy atom. The van der Waals surface area contributed by atoms with Crippen LogP contribution >= 0.6 is 0 Å². The Morgan fingerprint density at radius 2 is 1.96 bits per heavy atom. The second kappa shape index (κ2) is 7.31. The number of esters is 1. The van der Waals surface area contributed by atoms with Crippen LogP contribution in [-0.2, 0) is 9.53 Å². The molecule has 0 bridgehead atoms. The Morgan fingerprint density at radius 3 is 2.78 bits per heavy atom. The fraction of sp³-hybridized carbons (Fsp3) is 0.444. The normalized spacial score (nSPS) is 15.5. The molecule has 0 radical (unpaired) electrons. The van der Waals surface area contributed by atoms with Crippen LogP contribution in [0.15, 0.2) is 35.1 Å². The predicted octanol–water partition coefficient (Wildman–Crippen LogP) is 3.17. The molecule has 1 aromatic carbocycles. The number of carbonyl (C=O) groups excluding carboxylic acids is 1. The highest BCUT2D eigenvalue weighted by Crippen LogP contribution is 2.23. The number of pyridine rings is 1. The molecule has 0 unspecified atom stereocenters. The van der Waals surface area contributed by atoms with Crippen LogP contribution in [0.4, 0.5) is 0 Å². The van der Waals surface area contributed by atoms with Crippen molar-refractivity contribution in [1.82, 2.24) is 4.98 Å². The van der Waals surface area contributed by atoms with Gasteiger partial charge in [-0.05, 0) is 43.9 Å². The third-order valence-electron chi connectivity index (χ3n) is 4.14. The van der Waals surface area contributed by atoms with E-state index in [9.17, 15) is 9.59 Å². The molecule has 1 fully saturated rings. The van der Waals surface area contributed by atoms with Gasteiger partial charge in [0.1, 0.15) is 11.9 Å². The third-order valence-corrected chi connectivity index (χ3v) is 4.14. The number of hydrogen-bond acceptors (Lipinski definition) is 4. The molecule has 1 aromatic heterocycles. The van der Waals surface area contributed by atoms with E-state index < -0.39 is 0 Å². The van der Waals surface area contributed by atoms with Crippen molar-refractivity contribution < 1.29 is 14.3 Å². The zero-order chi connectivity index (χ0) is 16.1. The Bertz CT molecular complexity index is 731. The number of aromatic nitrogens is 1. The van der Waals surface area contributed by atoms with Gasteiger partial charge >= 0.3 is 5.97 Å². The molecule has 5 nitrogen and oxygen atoms in total. The molecule has 2 aromatic rings. The molecule has 1 heterocycles. The molecule has 23 heavy (non-hydrogen) atoms. The van der Waals surface area contributed by atoms with E-state index in [4.69, 9.17) is 9.47 Å². The van der Waals surface area contributed by atoms with Gasteiger partial charge in [-0.15, -0.1) is 0 Å². The van der Waals surface area contributed by atoms with Crippen molar-refractivity contribution in [3.05, 3.63) is 40.7 Å². The number of carbonyl (C=O) groups is 1. The van der Waals surface area contributed by atoms with Gasteiger partial charge in [0.25, 0.3) is 0 Å². The summed E-state index contributed by atoms with van der Waals surface area (Å²) >= 11 is 0. The highest BCUT2D eigenvalue weighted by molar-refractivity contribution is 5.84. The van der Waals surface area contributed by atoms with E-state index in [1.54, 1.807) is 6.07 Å². The highest BCUT2D eigenvalue weighted by atomic mass is 16.5. The van der Waals surface area contributed by atoms with Crippen molar-refractivity contribution in [2.24, 2.45) is 0 Å². The van der Waals surface area contributed by atoms with Gasteiger partial charge in [0.2, 0.25) is 5.56 Å². The van der Waals surface area contributed by atoms with Gasteiger partial charge in [-0.2, -0.15) is 0 Å². The van der Waals surface area contributed by atoms with Gasteiger partial charge in [0.05, 0.1) is 18.5 Å². The van der Waals surface area contributed by atoms with Gasteiger partial charge in [0, 0.05) is 11.5 Å². The average molecular weight is 315 g/mol. The number of rotatable bonds is 5. The van der Waals surface area contributed by atoms with Gasteiger partial charge in [-0.1, -0.05) is 12.5 Å². The first-order valence-electron chi connectivity index (χ1n) is 8.17. The zero-order valence-corrected chi connectivity index (χ0v) is 13.0. The first kappa shape index (κ1) is 15.6. The first-order chi connectivity index (χ1) is 11.2. The fourth-order valence-electron chi connectivity index (χ4n) is 2.96. The summed E-state index contributed by atoms with van der Waals surface area (Å²) < 4.78 is 11.2. The Labute approximate surface area is 134 Å². The number of aromatic amines is 1. The molecule has 1 aliphatic rings. The van der Waals surface area contributed by atoms with E-state index >= 15 is 0 Å². The minimum atomic E-state index is -0.203. The predicted molar refractivity (Wildman–Crippen MR) is 87.6 cm³/mol. The molecule has 5 heteroatoms. The number of H-pyrrole nitrogens is 1. The molecule has 0 spiro atoms. The quantitative estimate of drug-likeness (QED) is 0.861. The first-order valence-corrected chi connectivity index (χ1v) is 8.17. The molecule has 0 saturated heterocycles. The molecule has 3 rings (SSSR count). The van der Waals surface area contributed by atoms with E-state index in [0.29, 0.717) is 5.75 Å². The highest BCUT2D eigenvalue weighted by Gasteiger charge is 2.17. The average Bonchev–Trinajstić information content (AvgIpc) is 2.55. The SMILES string of the molecule is O=C(CCOc1cccc2[nH]c(=O)ccc12)OC1CCCCC1. The molecule has 122 valence electrons. The lowest BCUT2D eigenvalue weighted by Gasteiger charge is -2.21. The summed E-state index contributed by atoms with van der Waals surface area (Å²) in [7, 11) is 0. The summed E-state index contributed by atoms with van der Waals surface area (Å²) in [5.41, 5.74) is 0.575. The van der Waals surface area contributed by atoms with Crippen LogP contribution in [0, 0.1) is 0 Å². The smallest absolute Gasteiger partial charge is 0.309 e. The van der Waals surface area contributed by atoms with Crippen molar-refractivity contribution in [3.8, 4) is 5.75 Å². The van der Waals surface area contributed by atoms with Crippen molar-refractivity contribution in [2.75, 3.05) is 6.61 Å². The second-order valence-electron chi connectivity index (χ2n) is 5.89. The number of ether oxygens (including phenoxy) is 2. The maximum absolute atomic E-state index is 11.9. The van der Waals surface area contributed by atoms with E-state index in [1.165, 1.54) is 12.5 Å². The molecule has 1 saturated carbocycles. The van der Waals surface area contributed by atoms with Crippen LogP contribution in [0.1, 0.15) is 38.5 Å². The largest absolute Gasteiger partial charge is 0.492 e. The summed E-state index contributed by atoms with van der Waals surface area (Å²) in [6.07, 6.45) is 5.79. The van der Waals surface area contributed by atoms with Crippen LogP contribution < -0.4 is 10.3 Å². The molecule has 0 aliphatic heterocycles. The van der Waals surface area contributed by atoms with Crippen molar-refractivity contribution >= 4 is 16.9 Å². The van der Waals surface area contributed by atoms with Crippen LogP contribution in [0.5, 0.6) is 5.75 Å². The number of benzene rings is 1. The number of nitrogens with one attached hydrogen (secondary N) is 1. The molecule has 0 amide bonds. The van der Waals surface area contributed by atoms with Gasteiger partial charge < -0.3 is 14.5 Å². The monoisotopic (exact) mass is 315 g/mol. The van der Waals surface area contributed by atoms with Gasteiger partial charge in [0.15, 0.2) is 0 Å². The lowest BCUT2D eigenvalue weighted by molar-refractivity contribution is -0.151.